The number of phenols is 1. The summed E-state index contributed by atoms with van der Waals surface area (Å²) in [6, 6.07) is 8.89. The third kappa shape index (κ3) is 2.87. The maximum atomic E-state index is 13.2. The normalized spacial score (nSPS) is 10.5. The van der Waals surface area contributed by atoms with Gasteiger partial charge in [0.2, 0.25) is 0 Å². The van der Waals surface area contributed by atoms with Gasteiger partial charge in [0.05, 0.1) is 0 Å². The van der Waals surface area contributed by atoms with E-state index >= 15 is 0 Å². The first kappa shape index (κ1) is 13.4. The smallest absolute Gasteiger partial charge is 0.126 e. The van der Waals surface area contributed by atoms with Crippen LogP contribution in [-0.4, -0.2) is 5.11 Å². The third-order valence-electron chi connectivity index (χ3n) is 3.34. The van der Waals surface area contributed by atoms with E-state index < -0.39 is 0 Å². The van der Waals surface area contributed by atoms with Crippen LogP contribution in [0.4, 0.5) is 10.1 Å². The largest absolute Gasteiger partial charge is 0.507 e. The summed E-state index contributed by atoms with van der Waals surface area (Å²) in [6.45, 7) is 6.10. The first-order valence-corrected chi connectivity index (χ1v) is 6.27. The Hall–Kier alpha value is -2.03. The molecule has 2 aromatic rings. The van der Waals surface area contributed by atoms with E-state index in [0.29, 0.717) is 17.9 Å². The maximum absolute atomic E-state index is 13.2. The molecule has 0 aromatic heterocycles. The maximum Gasteiger partial charge on any atom is 0.126 e. The van der Waals surface area contributed by atoms with Crippen molar-refractivity contribution in [3.8, 4) is 5.75 Å². The average Bonchev–Trinajstić information content (AvgIpc) is 2.39. The van der Waals surface area contributed by atoms with Crippen molar-refractivity contribution in [2.24, 2.45) is 0 Å². The molecule has 0 atom stereocenters. The van der Waals surface area contributed by atoms with Crippen molar-refractivity contribution in [3.63, 3.8) is 0 Å². The Morgan fingerprint density at radius 3 is 2.47 bits per heavy atom. The Labute approximate surface area is 112 Å². The fourth-order valence-corrected chi connectivity index (χ4v) is 2.04. The highest BCUT2D eigenvalue weighted by atomic mass is 19.1. The first-order chi connectivity index (χ1) is 8.99. The molecule has 3 heteroatoms. The number of phenolic OH excluding ortho intramolecular Hbond substituents is 1. The summed E-state index contributed by atoms with van der Waals surface area (Å²) in [5.74, 6) is 0.133. The highest BCUT2D eigenvalue weighted by Crippen LogP contribution is 2.28. The fourth-order valence-electron chi connectivity index (χ4n) is 2.04. The molecular weight excluding hydrogens is 241 g/mol. The number of hydrogen-bond acceptors (Lipinski definition) is 2. The van der Waals surface area contributed by atoms with Crippen molar-refractivity contribution >= 4 is 5.69 Å². The van der Waals surface area contributed by atoms with E-state index in [1.165, 1.54) is 6.07 Å². The number of aryl methyl sites for hydroxylation is 2. The second-order valence-electron chi connectivity index (χ2n) is 4.84. The Kier molecular flexibility index (Phi) is 3.74. The molecule has 0 unspecified atom stereocenters. The molecule has 2 aromatic carbocycles. The molecule has 2 rings (SSSR count). The zero-order valence-electron chi connectivity index (χ0n) is 11.4. The van der Waals surface area contributed by atoms with Gasteiger partial charge in [-0.05, 0) is 49.6 Å². The van der Waals surface area contributed by atoms with E-state index in [9.17, 15) is 9.50 Å². The van der Waals surface area contributed by atoms with Crippen LogP contribution in [0.15, 0.2) is 30.3 Å². The van der Waals surface area contributed by atoms with Crippen LogP contribution >= 0.6 is 0 Å². The predicted molar refractivity (Wildman–Crippen MR) is 76.0 cm³/mol. The van der Waals surface area contributed by atoms with Gasteiger partial charge in [-0.1, -0.05) is 18.2 Å². The molecule has 0 radical (unpaired) electrons. The minimum Gasteiger partial charge on any atom is -0.507 e. The number of benzene rings is 2. The van der Waals surface area contributed by atoms with Gasteiger partial charge in [-0.2, -0.15) is 0 Å². The number of anilines is 1. The Morgan fingerprint density at radius 1 is 1.05 bits per heavy atom. The molecule has 2 N–H and O–H groups in total. The van der Waals surface area contributed by atoms with Crippen LogP contribution in [0.3, 0.4) is 0 Å². The minimum absolute atomic E-state index is 0.187. The van der Waals surface area contributed by atoms with Crippen molar-refractivity contribution in [2.45, 2.75) is 27.3 Å². The number of aromatic hydroxyl groups is 1. The summed E-state index contributed by atoms with van der Waals surface area (Å²) < 4.78 is 13.2. The number of hydrogen-bond donors (Lipinski definition) is 2. The lowest BCUT2D eigenvalue weighted by atomic mass is 10.1. The summed E-state index contributed by atoms with van der Waals surface area (Å²) in [7, 11) is 0. The molecule has 0 amide bonds. The topological polar surface area (TPSA) is 32.3 Å². The van der Waals surface area contributed by atoms with Crippen LogP contribution in [0.5, 0.6) is 5.75 Å². The molecule has 0 fully saturated rings. The van der Waals surface area contributed by atoms with Crippen LogP contribution in [0.2, 0.25) is 0 Å². The van der Waals surface area contributed by atoms with Gasteiger partial charge >= 0.3 is 0 Å². The van der Waals surface area contributed by atoms with Crippen molar-refractivity contribution in [2.75, 3.05) is 5.32 Å². The zero-order valence-corrected chi connectivity index (χ0v) is 11.4. The van der Waals surface area contributed by atoms with Gasteiger partial charge in [0.25, 0.3) is 0 Å². The predicted octanol–water partition coefficient (Wildman–Crippen LogP) is 4.07. The van der Waals surface area contributed by atoms with Crippen LogP contribution in [0.25, 0.3) is 0 Å². The molecule has 0 heterocycles. The molecular formula is C16H18FNO. The Morgan fingerprint density at radius 2 is 1.79 bits per heavy atom. The molecule has 19 heavy (non-hydrogen) atoms. The Balaban J connectivity index is 2.14. The lowest BCUT2D eigenvalue weighted by molar-refractivity contribution is 0.467. The minimum atomic E-state index is -0.187. The standard InChI is InChI=1S/C16H18FNO/c1-10-4-7-15(12(3)16(10)19)18-9-13-5-6-14(17)11(2)8-13/h4-8,18-19H,9H2,1-3H3. The van der Waals surface area contributed by atoms with Crippen molar-refractivity contribution in [3.05, 3.63) is 58.4 Å². The SMILES string of the molecule is Cc1cc(CNc2ccc(C)c(O)c2C)ccc1F. The van der Waals surface area contributed by atoms with Gasteiger partial charge in [0.15, 0.2) is 0 Å². The van der Waals surface area contributed by atoms with E-state index in [0.717, 1.165) is 22.4 Å². The second kappa shape index (κ2) is 5.31. The first-order valence-electron chi connectivity index (χ1n) is 6.27. The summed E-state index contributed by atoms with van der Waals surface area (Å²) in [5.41, 5.74) is 4.24. The summed E-state index contributed by atoms with van der Waals surface area (Å²) in [4.78, 5) is 0. The number of halogens is 1. The van der Waals surface area contributed by atoms with Crippen LogP contribution < -0.4 is 5.32 Å². The molecule has 0 saturated heterocycles. The second-order valence-corrected chi connectivity index (χ2v) is 4.84. The van der Waals surface area contributed by atoms with Crippen molar-refractivity contribution in [1.82, 2.24) is 0 Å². The van der Waals surface area contributed by atoms with Gasteiger partial charge < -0.3 is 10.4 Å². The van der Waals surface area contributed by atoms with E-state index in [2.05, 4.69) is 5.32 Å². The molecule has 0 aliphatic heterocycles. The van der Waals surface area contributed by atoms with Crippen LogP contribution in [-0.2, 0) is 6.54 Å². The zero-order chi connectivity index (χ0) is 14.0. The average molecular weight is 259 g/mol. The monoisotopic (exact) mass is 259 g/mol. The quantitative estimate of drug-likeness (QED) is 0.871. The Bertz CT molecular complexity index is 608. The third-order valence-corrected chi connectivity index (χ3v) is 3.34. The molecule has 0 saturated carbocycles. The van der Waals surface area contributed by atoms with Gasteiger partial charge in [0, 0.05) is 17.8 Å². The summed E-state index contributed by atoms with van der Waals surface area (Å²) >= 11 is 0. The fraction of sp³-hybridized carbons (Fsp3) is 0.250. The van der Waals surface area contributed by atoms with E-state index in [1.807, 2.05) is 32.0 Å². The summed E-state index contributed by atoms with van der Waals surface area (Å²) in [5, 5.41) is 13.1. The molecule has 0 bridgehead atoms. The van der Waals surface area contributed by atoms with E-state index in [4.69, 9.17) is 0 Å². The van der Waals surface area contributed by atoms with Crippen LogP contribution in [0.1, 0.15) is 22.3 Å². The number of rotatable bonds is 3. The molecule has 2 nitrogen and oxygen atoms in total. The lowest BCUT2D eigenvalue weighted by Gasteiger charge is -2.12. The van der Waals surface area contributed by atoms with Crippen molar-refractivity contribution < 1.29 is 9.50 Å². The molecule has 100 valence electrons. The highest BCUT2D eigenvalue weighted by Gasteiger charge is 2.06. The van der Waals surface area contributed by atoms with Crippen molar-refractivity contribution in [1.29, 1.82) is 0 Å². The molecule has 0 aliphatic carbocycles. The highest BCUT2D eigenvalue weighted by molar-refractivity contribution is 5.59. The van der Waals surface area contributed by atoms with Gasteiger partial charge in [-0.15, -0.1) is 0 Å². The van der Waals surface area contributed by atoms with E-state index in [-0.39, 0.29) is 5.82 Å². The van der Waals surface area contributed by atoms with Crippen LogP contribution in [0, 0.1) is 26.6 Å². The van der Waals surface area contributed by atoms with Gasteiger partial charge in [-0.3, -0.25) is 0 Å². The van der Waals surface area contributed by atoms with Gasteiger partial charge in [0.1, 0.15) is 11.6 Å². The van der Waals surface area contributed by atoms with Gasteiger partial charge in [-0.25, -0.2) is 4.39 Å². The summed E-state index contributed by atoms with van der Waals surface area (Å²) in [6.07, 6.45) is 0. The molecule has 0 aliphatic rings. The van der Waals surface area contributed by atoms with E-state index in [1.54, 1.807) is 13.0 Å². The molecule has 0 spiro atoms. The lowest BCUT2D eigenvalue weighted by Crippen LogP contribution is -2.02. The number of nitrogens with one attached hydrogen (secondary N) is 1.